The molecule has 0 saturated heterocycles. The highest BCUT2D eigenvalue weighted by Gasteiger charge is 2.09. The third kappa shape index (κ3) is 2.81. The van der Waals surface area contributed by atoms with Gasteiger partial charge in [0.1, 0.15) is 5.75 Å². The molecule has 17 heavy (non-hydrogen) atoms. The van der Waals surface area contributed by atoms with Crippen LogP contribution in [0.1, 0.15) is 12.3 Å². The Morgan fingerprint density at radius 3 is 2.65 bits per heavy atom. The highest BCUT2D eigenvalue weighted by atomic mass is 16.5. The van der Waals surface area contributed by atoms with Crippen LogP contribution in [-0.2, 0) is 11.2 Å². The van der Waals surface area contributed by atoms with Crippen LogP contribution in [0.25, 0.3) is 11.4 Å². The molecular weight excluding hydrogens is 224 g/mol. The van der Waals surface area contributed by atoms with Crippen LogP contribution in [-0.4, -0.2) is 26.3 Å². The maximum atomic E-state index is 10.4. The van der Waals surface area contributed by atoms with E-state index >= 15 is 0 Å². The number of benzene rings is 1. The van der Waals surface area contributed by atoms with Gasteiger partial charge in [-0.3, -0.25) is 4.79 Å². The molecule has 0 fully saturated rings. The van der Waals surface area contributed by atoms with Crippen molar-refractivity contribution in [3.63, 3.8) is 0 Å². The molecule has 0 saturated carbocycles. The van der Waals surface area contributed by atoms with E-state index < -0.39 is 5.97 Å². The second kappa shape index (κ2) is 4.65. The SMILES string of the molecule is O=C(O)CCc1nc(-c2ccc(O)cc2)no1. The van der Waals surface area contributed by atoms with Crippen molar-refractivity contribution in [1.29, 1.82) is 0 Å². The van der Waals surface area contributed by atoms with Crippen LogP contribution < -0.4 is 0 Å². The van der Waals surface area contributed by atoms with E-state index in [9.17, 15) is 4.79 Å². The molecule has 0 atom stereocenters. The first-order chi connectivity index (χ1) is 8.15. The summed E-state index contributed by atoms with van der Waals surface area (Å²) < 4.78 is 4.91. The second-order valence-electron chi connectivity index (χ2n) is 3.45. The van der Waals surface area contributed by atoms with Gasteiger partial charge >= 0.3 is 5.97 Å². The van der Waals surface area contributed by atoms with Gasteiger partial charge in [0.15, 0.2) is 0 Å². The molecule has 2 aromatic rings. The number of nitrogens with zero attached hydrogens (tertiary/aromatic N) is 2. The van der Waals surface area contributed by atoms with Crippen LogP contribution in [0, 0.1) is 0 Å². The molecule has 0 amide bonds. The number of phenolic OH excluding ortho intramolecular Hbond substituents is 1. The second-order valence-corrected chi connectivity index (χ2v) is 3.45. The summed E-state index contributed by atoms with van der Waals surface area (Å²) >= 11 is 0. The predicted octanol–water partition coefficient (Wildman–Crippen LogP) is 1.46. The predicted molar refractivity (Wildman–Crippen MR) is 57.4 cm³/mol. The number of carboxylic acids is 1. The van der Waals surface area contributed by atoms with Crippen LogP contribution in [0.15, 0.2) is 28.8 Å². The minimum atomic E-state index is -0.908. The molecule has 0 spiro atoms. The lowest BCUT2D eigenvalue weighted by Crippen LogP contribution is -1.97. The zero-order valence-corrected chi connectivity index (χ0v) is 8.83. The van der Waals surface area contributed by atoms with Crippen molar-refractivity contribution in [1.82, 2.24) is 10.1 Å². The highest BCUT2D eigenvalue weighted by Crippen LogP contribution is 2.19. The smallest absolute Gasteiger partial charge is 0.303 e. The Morgan fingerprint density at radius 1 is 1.29 bits per heavy atom. The molecule has 0 radical (unpaired) electrons. The van der Waals surface area contributed by atoms with Gasteiger partial charge in [-0.2, -0.15) is 4.98 Å². The summed E-state index contributed by atoms with van der Waals surface area (Å²) in [7, 11) is 0. The normalized spacial score (nSPS) is 10.4. The summed E-state index contributed by atoms with van der Waals surface area (Å²) in [5.74, 6) is -0.0846. The molecule has 0 aliphatic carbocycles. The van der Waals surface area contributed by atoms with Crippen molar-refractivity contribution in [2.24, 2.45) is 0 Å². The summed E-state index contributed by atoms with van der Waals surface area (Å²) in [5.41, 5.74) is 0.702. The van der Waals surface area contributed by atoms with E-state index in [0.29, 0.717) is 11.4 Å². The summed E-state index contributed by atoms with van der Waals surface area (Å²) in [6.45, 7) is 0. The molecule has 1 aromatic heterocycles. The average Bonchev–Trinajstić information content (AvgIpc) is 2.76. The molecule has 0 aliphatic rings. The van der Waals surface area contributed by atoms with E-state index in [4.69, 9.17) is 14.7 Å². The average molecular weight is 234 g/mol. The van der Waals surface area contributed by atoms with Crippen molar-refractivity contribution in [3.8, 4) is 17.1 Å². The monoisotopic (exact) mass is 234 g/mol. The van der Waals surface area contributed by atoms with Gasteiger partial charge in [0, 0.05) is 12.0 Å². The number of aromatic nitrogens is 2. The molecule has 2 rings (SSSR count). The maximum Gasteiger partial charge on any atom is 0.303 e. The largest absolute Gasteiger partial charge is 0.508 e. The Balaban J connectivity index is 2.12. The summed E-state index contributed by atoms with van der Waals surface area (Å²) in [4.78, 5) is 14.4. The van der Waals surface area contributed by atoms with E-state index in [-0.39, 0.29) is 24.5 Å². The number of hydrogen-bond donors (Lipinski definition) is 2. The van der Waals surface area contributed by atoms with Gasteiger partial charge in [-0.1, -0.05) is 5.16 Å². The molecule has 1 aromatic carbocycles. The zero-order valence-electron chi connectivity index (χ0n) is 8.83. The Morgan fingerprint density at radius 2 is 2.00 bits per heavy atom. The maximum absolute atomic E-state index is 10.4. The van der Waals surface area contributed by atoms with Gasteiger partial charge in [0.2, 0.25) is 11.7 Å². The van der Waals surface area contributed by atoms with Gasteiger partial charge in [0.25, 0.3) is 0 Å². The first kappa shape index (κ1) is 11.1. The fourth-order valence-electron chi connectivity index (χ4n) is 1.30. The first-order valence-electron chi connectivity index (χ1n) is 4.99. The number of aryl methyl sites for hydroxylation is 1. The number of rotatable bonds is 4. The van der Waals surface area contributed by atoms with E-state index in [1.807, 2.05) is 0 Å². The van der Waals surface area contributed by atoms with Crippen LogP contribution in [0.2, 0.25) is 0 Å². The highest BCUT2D eigenvalue weighted by molar-refractivity contribution is 5.66. The topological polar surface area (TPSA) is 96.5 Å². The van der Waals surface area contributed by atoms with E-state index in [1.54, 1.807) is 12.1 Å². The van der Waals surface area contributed by atoms with Gasteiger partial charge in [0.05, 0.1) is 6.42 Å². The Bertz CT molecular complexity index is 519. The standard InChI is InChI=1S/C11H10N2O4/c14-8-3-1-7(2-4-8)11-12-9(17-13-11)5-6-10(15)16/h1-4,14H,5-6H2,(H,15,16). The van der Waals surface area contributed by atoms with Crippen molar-refractivity contribution in [2.75, 3.05) is 0 Å². The lowest BCUT2D eigenvalue weighted by molar-refractivity contribution is -0.137. The third-order valence-corrected chi connectivity index (χ3v) is 2.15. The van der Waals surface area contributed by atoms with E-state index in [0.717, 1.165) is 0 Å². The molecule has 6 nitrogen and oxygen atoms in total. The number of aliphatic carboxylic acids is 1. The van der Waals surface area contributed by atoms with Gasteiger partial charge in [-0.15, -0.1) is 0 Å². The summed E-state index contributed by atoms with van der Waals surface area (Å²) in [6.07, 6.45) is 0.164. The molecule has 0 bridgehead atoms. The Hall–Kier alpha value is -2.37. The minimum Gasteiger partial charge on any atom is -0.508 e. The molecule has 2 N–H and O–H groups in total. The molecule has 6 heteroatoms. The van der Waals surface area contributed by atoms with Crippen LogP contribution in [0.3, 0.4) is 0 Å². The van der Waals surface area contributed by atoms with E-state index in [1.165, 1.54) is 12.1 Å². The molecule has 1 heterocycles. The quantitative estimate of drug-likeness (QED) is 0.831. The van der Waals surface area contributed by atoms with Crippen LogP contribution in [0.5, 0.6) is 5.75 Å². The van der Waals surface area contributed by atoms with Crippen molar-refractivity contribution >= 4 is 5.97 Å². The first-order valence-corrected chi connectivity index (χ1v) is 4.99. The fraction of sp³-hybridized carbons (Fsp3) is 0.182. The van der Waals surface area contributed by atoms with Gasteiger partial charge < -0.3 is 14.7 Å². The van der Waals surface area contributed by atoms with Crippen LogP contribution in [0.4, 0.5) is 0 Å². The minimum absolute atomic E-state index is 0.0444. The van der Waals surface area contributed by atoms with Crippen LogP contribution >= 0.6 is 0 Å². The van der Waals surface area contributed by atoms with Gasteiger partial charge in [-0.25, -0.2) is 0 Å². The lowest BCUT2D eigenvalue weighted by atomic mass is 10.2. The van der Waals surface area contributed by atoms with Crippen molar-refractivity contribution in [3.05, 3.63) is 30.2 Å². The Labute approximate surface area is 96.5 Å². The number of hydrogen-bond acceptors (Lipinski definition) is 5. The van der Waals surface area contributed by atoms with E-state index in [2.05, 4.69) is 10.1 Å². The fourth-order valence-corrected chi connectivity index (χ4v) is 1.30. The molecule has 0 aliphatic heterocycles. The third-order valence-electron chi connectivity index (χ3n) is 2.15. The Kier molecular flexibility index (Phi) is 3.04. The number of carboxylic acid groups (broad SMARTS) is 1. The molecule has 88 valence electrons. The van der Waals surface area contributed by atoms with Gasteiger partial charge in [-0.05, 0) is 24.3 Å². The molecule has 0 unspecified atom stereocenters. The number of aromatic hydroxyl groups is 1. The number of carbonyl (C=O) groups is 1. The van der Waals surface area contributed by atoms with Crippen molar-refractivity contribution in [2.45, 2.75) is 12.8 Å². The zero-order chi connectivity index (χ0) is 12.3. The lowest BCUT2D eigenvalue weighted by Gasteiger charge is -1.93. The molecular formula is C11H10N2O4. The summed E-state index contributed by atoms with van der Waals surface area (Å²) in [5, 5.41) is 21.4. The summed E-state index contributed by atoms with van der Waals surface area (Å²) in [6, 6.07) is 6.34. The van der Waals surface area contributed by atoms with Crippen molar-refractivity contribution < 1.29 is 19.5 Å². The number of phenols is 1.